The van der Waals surface area contributed by atoms with Gasteiger partial charge in [-0.25, -0.2) is 0 Å². The van der Waals surface area contributed by atoms with Crippen LogP contribution in [0.5, 0.6) is 0 Å². The van der Waals surface area contributed by atoms with Gasteiger partial charge in [0, 0.05) is 5.92 Å². The molecule has 154 valence electrons. The van der Waals surface area contributed by atoms with E-state index in [1.54, 1.807) is 0 Å². The van der Waals surface area contributed by atoms with E-state index in [4.69, 9.17) is 0 Å². The van der Waals surface area contributed by atoms with Crippen molar-refractivity contribution in [3.8, 4) is 0 Å². The first-order valence-corrected chi connectivity index (χ1v) is 12.3. The van der Waals surface area contributed by atoms with Crippen LogP contribution in [0, 0.1) is 5.92 Å². The van der Waals surface area contributed by atoms with Crippen molar-refractivity contribution in [2.24, 2.45) is 5.92 Å². The van der Waals surface area contributed by atoms with Gasteiger partial charge in [-0.05, 0) is 49.2 Å². The van der Waals surface area contributed by atoms with Gasteiger partial charge in [0.25, 0.3) is 0 Å². The second kappa shape index (κ2) is 10.2. The third kappa shape index (κ3) is 4.15. The molecule has 3 aromatic carbocycles. The zero-order valence-electron chi connectivity index (χ0n) is 17.2. The summed E-state index contributed by atoms with van der Waals surface area (Å²) in [5.74, 6) is 0.390. The quantitative estimate of drug-likeness (QED) is 0.430. The minimum absolute atomic E-state index is 0. The lowest BCUT2D eigenvalue weighted by Gasteiger charge is -2.30. The Balaban J connectivity index is 0.00000256. The van der Waals surface area contributed by atoms with Crippen LogP contribution in [0.4, 0.5) is 0 Å². The third-order valence-electron chi connectivity index (χ3n) is 6.10. The van der Waals surface area contributed by atoms with E-state index < -0.39 is 7.26 Å². The van der Waals surface area contributed by atoms with Crippen molar-refractivity contribution in [1.82, 2.24) is 0 Å². The van der Waals surface area contributed by atoms with Crippen molar-refractivity contribution in [2.75, 3.05) is 0 Å². The van der Waals surface area contributed by atoms with Crippen LogP contribution < -0.4 is 28.3 Å². The Labute approximate surface area is 187 Å². The van der Waals surface area contributed by atoms with E-state index in [0.717, 1.165) is 31.0 Å². The number of allylic oxidation sites excluding steroid dienone is 1. The lowest BCUT2D eigenvalue weighted by molar-refractivity contribution is -0.119. The van der Waals surface area contributed by atoms with Crippen LogP contribution in [-0.2, 0) is 4.79 Å². The monoisotopic (exact) mass is 434 g/mol. The van der Waals surface area contributed by atoms with E-state index in [1.165, 1.54) is 22.3 Å². The van der Waals surface area contributed by atoms with E-state index >= 15 is 0 Å². The van der Waals surface area contributed by atoms with E-state index in [9.17, 15) is 4.79 Å². The molecule has 0 unspecified atom stereocenters. The van der Waals surface area contributed by atoms with Gasteiger partial charge in [0.05, 0.1) is 0 Å². The molecular formula is C27H28ClOP. The second-order valence-electron chi connectivity index (χ2n) is 7.82. The number of benzene rings is 3. The number of carbonyl (C=O) groups excluding carboxylic acids is 1. The molecule has 1 saturated carbocycles. The summed E-state index contributed by atoms with van der Waals surface area (Å²) >= 11 is 0. The molecule has 0 heterocycles. The summed E-state index contributed by atoms with van der Waals surface area (Å²) in [6, 6.07) is 31.6. The van der Waals surface area contributed by atoms with Crippen LogP contribution >= 0.6 is 7.26 Å². The Morgan fingerprint density at radius 2 is 1.03 bits per heavy atom. The van der Waals surface area contributed by atoms with Gasteiger partial charge in [0.15, 0.2) is 0 Å². The molecule has 0 spiro atoms. The summed E-state index contributed by atoms with van der Waals surface area (Å²) in [5, 5.41) is 4.40. The highest BCUT2D eigenvalue weighted by Crippen LogP contribution is 2.62. The number of hydrogen-bond donors (Lipinski definition) is 0. The second-order valence-corrected chi connectivity index (χ2v) is 11.3. The van der Waals surface area contributed by atoms with Crippen molar-refractivity contribution in [3.63, 3.8) is 0 Å². The van der Waals surface area contributed by atoms with Gasteiger partial charge < -0.3 is 12.4 Å². The fraction of sp³-hybridized carbons (Fsp3) is 0.222. The minimum Gasteiger partial charge on any atom is -1.00 e. The minimum atomic E-state index is -2.31. The Morgan fingerprint density at radius 3 is 1.40 bits per heavy atom. The fourth-order valence-corrected chi connectivity index (χ4v) is 8.84. The van der Waals surface area contributed by atoms with Gasteiger partial charge in [-0.3, -0.25) is 4.79 Å². The largest absolute Gasteiger partial charge is 1.00 e. The number of ketones is 1. The van der Waals surface area contributed by atoms with Crippen molar-refractivity contribution >= 4 is 29.0 Å². The van der Waals surface area contributed by atoms with E-state index in [1.807, 2.05) is 18.2 Å². The molecule has 0 radical (unpaired) electrons. The molecule has 3 aromatic rings. The van der Waals surface area contributed by atoms with Crippen molar-refractivity contribution < 1.29 is 17.2 Å². The molecule has 1 aliphatic rings. The van der Waals surface area contributed by atoms with Crippen LogP contribution in [0.15, 0.2) is 103 Å². The predicted molar refractivity (Wildman–Crippen MR) is 126 cm³/mol. The first-order valence-electron chi connectivity index (χ1n) is 10.5. The standard InChI is InChI=1S/C27H28OP.ClH/c1-22(27(28)23-14-6-2-7-15-23)29(24-16-8-3-9-17-24,25-18-10-4-11-19-25)26-20-12-5-13-21-26;/h3-5,8-13,16-21,23H,1-2,6-7,14-15H2;1H/q+1;/p-1. The highest BCUT2D eigenvalue weighted by molar-refractivity contribution is 7.99. The molecule has 0 aromatic heterocycles. The predicted octanol–water partition coefficient (Wildman–Crippen LogP) is 2.65. The lowest BCUT2D eigenvalue weighted by atomic mass is 9.86. The molecule has 0 aliphatic heterocycles. The van der Waals surface area contributed by atoms with Crippen LogP contribution in [0.25, 0.3) is 0 Å². The average Bonchev–Trinajstić information content (AvgIpc) is 2.82. The number of Topliss-reactive ketones (excluding diaryl/α,β-unsaturated/α-hetero) is 1. The molecule has 3 heteroatoms. The van der Waals surface area contributed by atoms with E-state index in [0.29, 0.717) is 0 Å². The highest BCUT2D eigenvalue weighted by atomic mass is 35.5. The van der Waals surface area contributed by atoms with Crippen molar-refractivity contribution in [3.05, 3.63) is 103 Å². The Bertz CT molecular complexity index is 867. The molecule has 30 heavy (non-hydrogen) atoms. The molecule has 0 N–H and O–H groups in total. The molecule has 0 saturated heterocycles. The molecule has 0 amide bonds. The summed E-state index contributed by atoms with van der Waals surface area (Å²) in [5.41, 5.74) is 0. The highest BCUT2D eigenvalue weighted by Gasteiger charge is 2.52. The van der Waals surface area contributed by atoms with Gasteiger partial charge in [0.1, 0.15) is 28.5 Å². The summed E-state index contributed by atoms with van der Waals surface area (Å²) in [7, 11) is -2.31. The van der Waals surface area contributed by atoms with Crippen LogP contribution in [-0.4, -0.2) is 5.78 Å². The lowest BCUT2D eigenvalue weighted by Crippen LogP contribution is -3.00. The first-order chi connectivity index (χ1) is 14.2. The molecule has 0 atom stereocenters. The van der Waals surface area contributed by atoms with Crippen molar-refractivity contribution in [1.29, 1.82) is 0 Å². The van der Waals surface area contributed by atoms with Crippen LogP contribution in [0.3, 0.4) is 0 Å². The van der Waals surface area contributed by atoms with Crippen LogP contribution in [0.2, 0.25) is 0 Å². The zero-order valence-corrected chi connectivity index (χ0v) is 18.9. The van der Waals surface area contributed by atoms with Gasteiger partial charge in [-0.2, -0.15) is 0 Å². The SMILES string of the molecule is C=C(C(=O)C1CCCCC1)[P+](c1ccccc1)(c1ccccc1)c1ccccc1.[Cl-]. The molecule has 1 aliphatic carbocycles. The third-order valence-corrected chi connectivity index (χ3v) is 10.3. The topological polar surface area (TPSA) is 17.1 Å². The van der Waals surface area contributed by atoms with E-state index in [-0.39, 0.29) is 24.1 Å². The smallest absolute Gasteiger partial charge is 0.201 e. The normalized spacial score (nSPS) is 14.5. The number of hydrogen-bond acceptors (Lipinski definition) is 1. The average molecular weight is 435 g/mol. The summed E-state index contributed by atoms with van der Waals surface area (Å²) < 4.78 is 0. The first kappa shape index (κ1) is 22.5. The number of carbonyl (C=O) groups is 1. The maximum absolute atomic E-state index is 13.8. The Hall–Kier alpha value is -2.21. The Kier molecular flexibility index (Phi) is 7.64. The molecule has 1 nitrogen and oxygen atoms in total. The molecular weight excluding hydrogens is 407 g/mol. The molecule has 1 fully saturated rings. The maximum atomic E-state index is 13.8. The molecule has 0 bridgehead atoms. The number of halogens is 1. The summed E-state index contributed by atoms with van der Waals surface area (Å²) in [4.78, 5) is 13.8. The van der Waals surface area contributed by atoms with Crippen LogP contribution in [0.1, 0.15) is 32.1 Å². The van der Waals surface area contributed by atoms with E-state index in [2.05, 4.69) is 79.4 Å². The van der Waals surface area contributed by atoms with Gasteiger partial charge in [0.2, 0.25) is 5.78 Å². The maximum Gasteiger partial charge on any atom is 0.201 e. The van der Waals surface area contributed by atoms with Gasteiger partial charge in [-0.15, -0.1) is 0 Å². The summed E-state index contributed by atoms with van der Waals surface area (Å²) in [6.07, 6.45) is 5.54. The summed E-state index contributed by atoms with van der Waals surface area (Å²) in [6.45, 7) is 4.53. The Morgan fingerprint density at radius 1 is 0.667 bits per heavy atom. The van der Waals surface area contributed by atoms with Gasteiger partial charge >= 0.3 is 0 Å². The molecule has 4 rings (SSSR count). The van der Waals surface area contributed by atoms with Crippen molar-refractivity contribution in [2.45, 2.75) is 32.1 Å². The fourth-order valence-electron chi connectivity index (χ4n) is 4.64. The number of rotatable bonds is 6. The zero-order chi connectivity index (χ0) is 20.1. The van der Waals surface area contributed by atoms with Gasteiger partial charge in [-0.1, -0.05) is 80.4 Å².